The number of amides is 2. The molecule has 0 saturated carbocycles. The van der Waals surface area contributed by atoms with E-state index in [0.29, 0.717) is 26.9 Å². The van der Waals surface area contributed by atoms with Gasteiger partial charge in [-0.2, -0.15) is 0 Å². The van der Waals surface area contributed by atoms with Crippen molar-refractivity contribution in [2.24, 2.45) is 0 Å². The quantitative estimate of drug-likeness (QED) is 0.526. The molecule has 0 heterocycles. The van der Waals surface area contributed by atoms with E-state index in [1.54, 1.807) is 44.2 Å². The molecule has 186 valence electrons. The van der Waals surface area contributed by atoms with Crippen LogP contribution in [-0.4, -0.2) is 50.0 Å². The minimum absolute atomic E-state index is 0.0610. The van der Waals surface area contributed by atoms with Crippen LogP contribution in [0.15, 0.2) is 36.4 Å². The van der Waals surface area contributed by atoms with Crippen LogP contribution < -0.4 is 9.62 Å². The zero-order valence-electron chi connectivity index (χ0n) is 20.2. The second kappa shape index (κ2) is 11.4. The average molecular weight is 529 g/mol. The number of hydrogen-bond donors (Lipinski definition) is 1. The first kappa shape index (κ1) is 28.0. The first-order valence-corrected chi connectivity index (χ1v) is 13.4. The summed E-state index contributed by atoms with van der Waals surface area (Å²) in [6.07, 6.45) is 1.05. The number of carbonyl (C=O) groups is 2. The first-order valence-electron chi connectivity index (χ1n) is 10.8. The van der Waals surface area contributed by atoms with Crippen LogP contribution in [0, 0.1) is 13.8 Å². The maximum absolute atomic E-state index is 13.6. The van der Waals surface area contributed by atoms with Crippen molar-refractivity contribution in [3.8, 4) is 0 Å². The Labute approximate surface area is 212 Å². The van der Waals surface area contributed by atoms with Gasteiger partial charge in [0.2, 0.25) is 21.8 Å². The normalized spacial score (nSPS) is 12.4. The van der Waals surface area contributed by atoms with Gasteiger partial charge in [0.25, 0.3) is 0 Å². The molecular weight excluding hydrogens is 497 g/mol. The summed E-state index contributed by atoms with van der Waals surface area (Å²) in [7, 11) is -3.80. The van der Waals surface area contributed by atoms with Gasteiger partial charge in [-0.1, -0.05) is 47.0 Å². The molecule has 0 saturated heterocycles. The average Bonchev–Trinajstić information content (AvgIpc) is 2.70. The van der Waals surface area contributed by atoms with Gasteiger partial charge >= 0.3 is 0 Å². The van der Waals surface area contributed by atoms with Gasteiger partial charge < -0.3 is 10.2 Å². The fourth-order valence-electron chi connectivity index (χ4n) is 3.52. The fourth-order valence-corrected chi connectivity index (χ4v) is 4.95. The third-order valence-electron chi connectivity index (χ3n) is 5.29. The van der Waals surface area contributed by atoms with Crippen molar-refractivity contribution in [1.29, 1.82) is 0 Å². The molecular formula is C24H31Cl2N3O4S. The van der Waals surface area contributed by atoms with E-state index < -0.39 is 28.5 Å². The highest BCUT2D eigenvalue weighted by atomic mass is 35.5. The molecule has 2 aromatic rings. The molecule has 1 unspecified atom stereocenters. The van der Waals surface area contributed by atoms with Crippen LogP contribution in [-0.2, 0) is 26.2 Å². The fraction of sp³-hybridized carbons (Fsp3) is 0.417. The molecule has 0 radical (unpaired) electrons. The van der Waals surface area contributed by atoms with Crippen LogP contribution in [0.3, 0.4) is 0 Å². The Morgan fingerprint density at radius 1 is 1.03 bits per heavy atom. The number of carbonyl (C=O) groups excluding carboxylic acids is 2. The van der Waals surface area contributed by atoms with Crippen molar-refractivity contribution in [2.45, 2.75) is 53.2 Å². The molecule has 0 bridgehead atoms. The standard InChI is InChI=1S/C24H31Cl2N3O4S/c1-15(2)27-24(31)18(5)28(13-19-20(25)8-7-9-21(19)26)23(30)14-29(34(6,32)33)22-11-10-16(3)12-17(22)4/h7-12,15,18H,13-14H2,1-6H3,(H,27,31). The predicted octanol–water partition coefficient (Wildman–Crippen LogP) is 4.32. The molecule has 2 amide bonds. The second-order valence-corrected chi connectivity index (χ2v) is 11.3. The van der Waals surface area contributed by atoms with Gasteiger partial charge in [-0.25, -0.2) is 8.42 Å². The summed E-state index contributed by atoms with van der Waals surface area (Å²) in [5.74, 6) is -0.934. The molecule has 1 atom stereocenters. The summed E-state index contributed by atoms with van der Waals surface area (Å²) in [5, 5.41) is 3.48. The summed E-state index contributed by atoms with van der Waals surface area (Å²) < 4.78 is 26.4. The van der Waals surface area contributed by atoms with Crippen molar-refractivity contribution < 1.29 is 18.0 Å². The lowest BCUT2D eigenvalue weighted by Crippen LogP contribution is -2.52. The minimum atomic E-state index is -3.80. The zero-order valence-corrected chi connectivity index (χ0v) is 22.6. The number of rotatable bonds is 9. The van der Waals surface area contributed by atoms with Gasteiger partial charge in [-0.05, 0) is 58.4 Å². The lowest BCUT2D eigenvalue weighted by molar-refractivity contribution is -0.139. The van der Waals surface area contributed by atoms with Crippen LogP contribution in [0.1, 0.15) is 37.5 Å². The molecule has 0 fully saturated rings. The molecule has 0 aromatic heterocycles. The zero-order chi connectivity index (χ0) is 25.8. The molecule has 0 aliphatic rings. The van der Waals surface area contributed by atoms with Crippen molar-refractivity contribution in [3.05, 3.63) is 63.1 Å². The first-order chi connectivity index (χ1) is 15.7. The monoisotopic (exact) mass is 527 g/mol. The Morgan fingerprint density at radius 2 is 1.62 bits per heavy atom. The predicted molar refractivity (Wildman–Crippen MR) is 138 cm³/mol. The van der Waals surface area contributed by atoms with E-state index in [4.69, 9.17) is 23.2 Å². The number of nitrogens with zero attached hydrogens (tertiary/aromatic N) is 2. The van der Waals surface area contributed by atoms with Crippen LogP contribution in [0.2, 0.25) is 10.0 Å². The van der Waals surface area contributed by atoms with Gasteiger partial charge in [-0.3, -0.25) is 13.9 Å². The van der Waals surface area contributed by atoms with Gasteiger partial charge in [0.1, 0.15) is 12.6 Å². The largest absolute Gasteiger partial charge is 0.352 e. The van der Waals surface area contributed by atoms with Crippen molar-refractivity contribution >= 4 is 50.7 Å². The summed E-state index contributed by atoms with van der Waals surface area (Å²) in [4.78, 5) is 27.7. The van der Waals surface area contributed by atoms with E-state index >= 15 is 0 Å². The third-order valence-corrected chi connectivity index (χ3v) is 7.12. The smallest absolute Gasteiger partial charge is 0.244 e. The van der Waals surface area contributed by atoms with Crippen LogP contribution in [0.5, 0.6) is 0 Å². The van der Waals surface area contributed by atoms with Crippen molar-refractivity contribution in [3.63, 3.8) is 0 Å². The van der Waals surface area contributed by atoms with E-state index in [1.165, 1.54) is 4.90 Å². The number of aryl methyl sites for hydroxylation is 2. The summed E-state index contributed by atoms with van der Waals surface area (Å²) in [5.41, 5.74) is 2.55. The molecule has 10 heteroatoms. The SMILES string of the molecule is Cc1ccc(N(CC(=O)N(Cc2c(Cl)cccc2Cl)C(C)C(=O)NC(C)C)S(C)(=O)=O)c(C)c1. The highest BCUT2D eigenvalue weighted by Gasteiger charge is 2.31. The van der Waals surface area contributed by atoms with Gasteiger partial charge in [-0.15, -0.1) is 0 Å². The third kappa shape index (κ3) is 7.10. The van der Waals surface area contributed by atoms with Crippen molar-refractivity contribution in [2.75, 3.05) is 17.1 Å². The number of anilines is 1. The van der Waals surface area contributed by atoms with E-state index in [-0.39, 0.29) is 18.5 Å². The topological polar surface area (TPSA) is 86.8 Å². The highest BCUT2D eigenvalue weighted by molar-refractivity contribution is 7.92. The lowest BCUT2D eigenvalue weighted by Gasteiger charge is -2.32. The number of hydrogen-bond acceptors (Lipinski definition) is 4. The van der Waals surface area contributed by atoms with Crippen molar-refractivity contribution in [1.82, 2.24) is 10.2 Å². The number of sulfonamides is 1. The van der Waals surface area contributed by atoms with E-state index in [9.17, 15) is 18.0 Å². The molecule has 0 aliphatic carbocycles. The van der Waals surface area contributed by atoms with E-state index in [2.05, 4.69) is 5.32 Å². The molecule has 0 spiro atoms. The minimum Gasteiger partial charge on any atom is -0.352 e. The Hall–Kier alpha value is -2.29. The molecule has 7 nitrogen and oxygen atoms in total. The highest BCUT2D eigenvalue weighted by Crippen LogP contribution is 2.28. The van der Waals surface area contributed by atoms with E-state index in [1.807, 2.05) is 26.8 Å². The molecule has 2 aromatic carbocycles. The summed E-state index contributed by atoms with van der Waals surface area (Å²) >= 11 is 12.7. The molecule has 1 N–H and O–H groups in total. The van der Waals surface area contributed by atoms with Gasteiger partial charge in [0, 0.05) is 28.2 Å². The lowest BCUT2D eigenvalue weighted by atomic mass is 10.1. The van der Waals surface area contributed by atoms with Gasteiger partial charge in [0.05, 0.1) is 11.9 Å². The second-order valence-electron chi connectivity index (χ2n) is 8.62. The molecule has 0 aliphatic heterocycles. The van der Waals surface area contributed by atoms with Crippen LogP contribution >= 0.6 is 23.2 Å². The molecule has 2 rings (SSSR count). The van der Waals surface area contributed by atoms with Crippen LogP contribution in [0.4, 0.5) is 5.69 Å². The van der Waals surface area contributed by atoms with E-state index in [0.717, 1.165) is 16.1 Å². The number of halogens is 2. The maximum Gasteiger partial charge on any atom is 0.244 e. The summed E-state index contributed by atoms with van der Waals surface area (Å²) in [6.45, 7) is 8.35. The van der Waals surface area contributed by atoms with Gasteiger partial charge in [0.15, 0.2) is 0 Å². The Bertz CT molecular complexity index is 1150. The number of nitrogens with one attached hydrogen (secondary N) is 1. The summed E-state index contributed by atoms with van der Waals surface area (Å²) in [6, 6.07) is 9.22. The Balaban J connectivity index is 2.49. The van der Waals surface area contributed by atoms with Crippen LogP contribution in [0.25, 0.3) is 0 Å². The molecule has 34 heavy (non-hydrogen) atoms. The maximum atomic E-state index is 13.6. The Morgan fingerprint density at radius 3 is 2.12 bits per heavy atom. The number of benzene rings is 2. The Kier molecular flexibility index (Phi) is 9.39.